The van der Waals surface area contributed by atoms with Crippen LogP contribution in [0.15, 0.2) is 24.3 Å². The third-order valence-electron chi connectivity index (χ3n) is 4.50. The summed E-state index contributed by atoms with van der Waals surface area (Å²) in [6.07, 6.45) is 8.13. The summed E-state index contributed by atoms with van der Waals surface area (Å²) in [7, 11) is 0. The highest BCUT2D eigenvalue weighted by molar-refractivity contribution is 5.94. The Bertz CT molecular complexity index is 436. The predicted molar refractivity (Wildman–Crippen MR) is 82.5 cm³/mol. The molecule has 1 atom stereocenters. The monoisotopic (exact) mass is 274 g/mol. The highest BCUT2D eigenvalue weighted by atomic mass is 16.1. The van der Waals surface area contributed by atoms with E-state index in [4.69, 9.17) is 5.73 Å². The van der Waals surface area contributed by atoms with Crippen molar-refractivity contribution in [3.63, 3.8) is 0 Å². The van der Waals surface area contributed by atoms with Crippen LogP contribution in [-0.4, -0.2) is 11.9 Å². The Labute approximate surface area is 121 Å². The molecule has 3 nitrogen and oxygen atoms in total. The van der Waals surface area contributed by atoms with Crippen LogP contribution in [0.5, 0.6) is 0 Å². The van der Waals surface area contributed by atoms with Crippen LogP contribution < -0.4 is 11.1 Å². The van der Waals surface area contributed by atoms with Crippen LogP contribution in [0, 0.1) is 5.92 Å². The van der Waals surface area contributed by atoms with Gasteiger partial charge in [0.05, 0.1) is 0 Å². The smallest absolute Gasteiger partial charge is 0.249 e. The molecule has 1 fully saturated rings. The number of primary amides is 1. The summed E-state index contributed by atoms with van der Waals surface area (Å²) in [5.74, 6) is 0.419. The number of hydrogen-bond donors (Lipinski definition) is 2. The van der Waals surface area contributed by atoms with E-state index in [9.17, 15) is 4.79 Å². The summed E-state index contributed by atoms with van der Waals surface area (Å²) in [5.41, 5.74) is 7.05. The molecule has 1 saturated carbocycles. The molecule has 1 aliphatic carbocycles. The fourth-order valence-corrected chi connectivity index (χ4v) is 3.16. The second kappa shape index (κ2) is 7.44. The Morgan fingerprint density at radius 3 is 2.55 bits per heavy atom. The molecule has 2 rings (SSSR count). The molecule has 20 heavy (non-hydrogen) atoms. The summed E-state index contributed by atoms with van der Waals surface area (Å²) in [6, 6.07) is 8.09. The maximum absolute atomic E-state index is 11.4. The van der Waals surface area contributed by atoms with E-state index in [1.165, 1.54) is 38.5 Å². The van der Waals surface area contributed by atoms with Crippen molar-refractivity contribution in [3.8, 4) is 0 Å². The van der Waals surface area contributed by atoms with E-state index in [0.717, 1.165) is 18.0 Å². The minimum absolute atomic E-state index is 0.343. The standard InChI is InChI=1S/C17H26N2O/c1-13(14-8-4-2-3-5-9-14)19-12-15-10-6-7-11-16(15)17(18)20/h6-7,10-11,13-14,19H,2-5,8-9,12H2,1H3,(H2,18,20)/t13-/m0/s1. The second-order valence-corrected chi connectivity index (χ2v) is 5.94. The van der Waals surface area contributed by atoms with E-state index in [-0.39, 0.29) is 5.91 Å². The number of nitrogens with one attached hydrogen (secondary N) is 1. The average molecular weight is 274 g/mol. The molecule has 110 valence electrons. The summed E-state index contributed by atoms with van der Waals surface area (Å²) in [6.45, 7) is 2.99. The van der Waals surface area contributed by atoms with Gasteiger partial charge in [0.1, 0.15) is 0 Å². The zero-order chi connectivity index (χ0) is 14.4. The van der Waals surface area contributed by atoms with Crippen molar-refractivity contribution in [2.75, 3.05) is 0 Å². The van der Waals surface area contributed by atoms with Crippen molar-refractivity contribution < 1.29 is 4.79 Å². The van der Waals surface area contributed by atoms with E-state index in [0.29, 0.717) is 11.6 Å². The van der Waals surface area contributed by atoms with Gasteiger partial charge in [-0.05, 0) is 37.3 Å². The molecule has 0 aromatic heterocycles. The Morgan fingerprint density at radius 2 is 1.90 bits per heavy atom. The summed E-state index contributed by atoms with van der Waals surface area (Å²) in [5, 5.41) is 3.58. The van der Waals surface area contributed by atoms with Gasteiger partial charge in [-0.2, -0.15) is 0 Å². The summed E-state index contributed by atoms with van der Waals surface area (Å²) in [4.78, 5) is 11.4. The van der Waals surface area contributed by atoms with Crippen molar-refractivity contribution >= 4 is 5.91 Å². The molecule has 1 amide bonds. The number of carbonyl (C=O) groups is 1. The molecular weight excluding hydrogens is 248 g/mol. The maximum atomic E-state index is 11.4. The first-order valence-corrected chi connectivity index (χ1v) is 7.79. The lowest BCUT2D eigenvalue weighted by Crippen LogP contribution is -2.33. The number of carbonyl (C=O) groups excluding carboxylic acids is 1. The van der Waals surface area contributed by atoms with E-state index in [2.05, 4.69) is 12.2 Å². The Balaban J connectivity index is 1.92. The zero-order valence-corrected chi connectivity index (χ0v) is 12.4. The van der Waals surface area contributed by atoms with Crippen LogP contribution in [0.2, 0.25) is 0 Å². The third kappa shape index (κ3) is 4.07. The Morgan fingerprint density at radius 1 is 1.25 bits per heavy atom. The van der Waals surface area contributed by atoms with Gasteiger partial charge in [-0.3, -0.25) is 4.79 Å². The normalized spacial score (nSPS) is 18.4. The molecule has 0 bridgehead atoms. The molecule has 1 aliphatic rings. The number of nitrogens with two attached hydrogens (primary N) is 1. The average Bonchev–Trinajstić information content (AvgIpc) is 2.74. The van der Waals surface area contributed by atoms with Gasteiger partial charge in [0.2, 0.25) is 5.91 Å². The molecule has 0 spiro atoms. The SMILES string of the molecule is C[C@H](NCc1ccccc1C(N)=O)C1CCCCCC1. The van der Waals surface area contributed by atoms with Gasteiger partial charge in [0.15, 0.2) is 0 Å². The van der Waals surface area contributed by atoms with Crippen molar-refractivity contribution in [2.45, 2.75) is 58.0 Å². The van der Waals surface area contributed by atoms with Gasteiger partial charge >= 0.3 is 0 Å². The van der Waals surface area contributed by atoms with Crippen LogP contribution in [0.4, 0.5) is 0 Å². The quantitative estimate of drug-likeness (QED) is 0.810. The molecule has 3 heteroatoms. The van der Waals surface area contributed by atoms with Gasteiger partial charge in [0, 0.05) is 18.2 Å². The van der Waals surface area contributed by atoms with Crippen LogP contribution in [0.1, 0.15) is 61.4 Å². The van der Waals surface area contributed by atoms with Gasteiger partial charge in [-0.1, -0.05) is 43.9 Å². The van der Waals surface area contributed by atoms with Crippen LogP contribution in [0.3, 0.4) is 0 Å². The largest absolute Gasteiger partial charge is 0.366 e. The summed E-state index contributed by atoms with van der Waals surface area (Å²) >= 11 is 0. The highest BCUT2D eigenvalue weighted by Crippen LogP contribution is 2.25. The maximum Gasteiger partial charge on any atom is 0.249 e. The van der Waals surface area contributed by atoms with Crippen molar-refractivity contribution in [1.82, 2.24) is 5.32 Å². The highest BCUT2D eigenvalue weighted by Gasteiger charge is 2.19. The first kappa shape index (κ1) is 15.0. The minimum atomic E-state index is -0.343. The molecule has 0 saturated heterocycles. The molecule has 0 heterocycles. The summed E-state index contributed by atoms with van der Waals surface area (Å²) < 4.78 is 0. The lowest BCUT2D eigenvalue weighted by atomic mass is 9.92. The van der Waals surface area contributed by atoms with Crippen LogP contribution in [0.25, 0.3) is 0 Å². The first-order valence-electron chi connectivity index (χ1n) is 7.79. The topological polar surface area (TPSA) is 55.1 Å². The van der Waals surface area contributed by atoms with Gasteiger partial charge in [0.25, 0.3) is 0 Å². The van der Waals surface area contributed by atoms with E-state index in [1.807, 2.05) is 18.2 Å². The van der Waals surface area contributed by atoms with Crippen LogP contribution >= 0.6 is 0 Å². The lowest BCUT2D eigenvalue weighted by Gasteiger charge is -2.24. The molecular formula is C17H26N2O. The van der Waals surface area contributed by atoms with E-state index in [1.54, 1.807) is 6.07 Å². The number of benzene rings is 1. The van der Waals surface area contributed by atoms with Crippen molar-refractivity contribution in [1.29, 1.82) is 0 Å². The molecule has 0 aliphatic heterocycles. The number of amides is 1. The fourth-order valence-electron chi connectivity index (χ4n) is 3.16. The minimum Gasteiger partial charge on any atom is -0.366 e. The van der Waals surface area contributed by atoms with Gasteiger partial charge < -0.3 is 11.1 Å². The van der Waals surface area contributed by atoms with E-state index < -0.39 is 0 Å². The molecule has 0 unspecified atom stereocenters. The van der Waals surface area contributed by atoms with Gasteiger partial charge in [-0.25, -0.2) is 0 Å². The number of hydrogen-bond acceptors (Lipinski definition) is 2. The second-order valence-electron chi connectivity index (χ2n) is 5.94. The molecule has 0 radical (unpaired) electrons. The van der Waals surface area contributed by atoms with Gasteiger partial charge in [-0.15, -0.1) is 0 Å². The Kier molecular flexibility index (Phi) is 5.60. The lowest BCUT2D eigenvalue weighted by molar-refractivity contribution is 0.0999. The molecule has 1 aromatic rings. The van der Waals surface area contributed by atoms with Crippen LogP contribution in [-0.2, 0) is 6.54 Å². The van der Waals surface area contributed by atoms with Crippen molar-refractivity contribution in [3.05, 3.63) is 35.4 Å². The first-order chi connectivity index (χ1) is 9.68. The molecule has 3 N–H and O–H groups in total. The third-order valence-corrected chi connectivity index (χ3v) is 4.50. The molecule has 1 aromatic carbocycles. The zero-order valence-electron chi connectivity index (χ0n) is 12.4. The fraction of sp³-hybridized carbons (Fsp3) is 0.588. The van der Waals surface area contributed by atoms with E-state index >= 15 is 0 Å². The predicted octanol–water partition coefficient (Wildman–Crippen LogP) is 3.23. The van der Waals surface area contributed by atoms with Crippen molar-refractivity contribution in [2.24, 2.45) is 11.7 Å². The number of rotatable bonds is 5. The Hall–Kier alpha value is -1.35.